The Morgan fingerprint density at radius 3 is 1.46 bits per heavy atom. The maximum atomic E-state index is 16.1. The zero-order chi connectivity index (χ0) is 54.2. The molecule has 3 unspecified atom stereocenters. The Hall–Kier alpha value is -4.00. The topological polar surface area (TPSA) is 225 Å². The third-order valence-electron chi connectivity index (χ3n) is 17.6. The van der Waals surface area contributed by atoms with Gasteiger partial charge in [0.05, 0.1) is 86.0 Å². The third-order valence-corrected chi connectivity index (χ3v) is 17.6. The van der Waals surface area contributed by atoms with Crippen LogP contribution in [-0.2, 0) is 33.3 Å². The van der Waals surface area contributed by atoms with Crippen LogP contribution >= 0.6 is 0 Å². The standard InChI is InChI=1S/C56H82N2O14/c1-47(2,3)41(61)33-17-19-34(20-18-33)42(62)53(14,50(8,9)68-26-25-58-45(65)37-23-21-35-39-36(44(64)57-43(35)63)22-24-38(40(37)39)46(58)66)55(16)52(12,13)70-32-56(27-59,28-60)31-69-51(10,11)54(15,49(6,7)67)71-29-48(4,5)30-72-55/h21-24,33-34,59-60,67H,17-20,25-32H2,1-16H3,(H,57,63,64). The fraction of sp³-hybridized carbons (Fsp3) is 0.714. The van der Waals surface area contributed by atoms with E-state index in [-0.39, 0.29) is 90.1 Å². The van der Waals surface area contributed by atoms with Gasteiger partial charge < -0.3 is 39.0 Å². The number of hydrogen-bond donors (Lipinski definition) is 4. The van der Waals surface area contributed by atoms with E-state index < -0.39 is 98.0 Å². The van der Waals surface area contributed by atoms with Gasteiger partial charge in [0.15, 0.2) is 0 Å². The van der Waals surface area contributed by atoms with E-state index in [9.17, 15) is 39.3 Å². The van der Waals surface area contributed by atoms with Gasteiger partial charge >= 0.3 is 0 Å². The van der Waals surface area contributed by atoms with Crippen molar-refractivity contribution in [1.29, 1.82) is 0 Å². The van der Waals surface area contributed by atoms with Crippen LogP contribution in [0, 0.1) is 33.5 Å². The molecule has 0 radical (unpaired) electrons. The van der Waals surface area contributed by atoms with Crippen LogP contribution in [0.2, 0.25) is 0 Å². The van der Waals surface area contributed by atoms with Crippen molar-refractivity contribution in [1.82, 2.24) is 10.2 Å². The van der Waals surface area contributed by atoms with Gasteiger partial charge in [-0.05, 0) is 126 Å². The van der Waals surface area contributed by atoms with Crippen molar-refractivity contribution in [2.45, 2.75) is 170 Å². The van der Waals surface area contributed by atoms with Crippen LogP contribution in [0.25, 0.3) is 10.8 Å². The molecule has 4 amide bonds. The number of aliphatic hydroxyl groups excluding tert-OH is 2. The van der Waals surface area contributed by atoms with Crippen molar-refractivity contribution >= 4 is 46.0 Å². The number of Topliss-reactive ketones (excluding diaryl/α,β-unsaturated/α-hetero) is 2. The first kappa shape index (κ1) is 57.3. The van der Waals surface area contributed by atoms with Crippen molar-refractivity contribution in [3.05, 3.63) is 46.5 Å². The first-order valence-electron chi connectivity index (χ1n) is 25.5. The number of amides is 4. The molecule has 4 N–H and O–H groups in total. The molecule has 1 saturated heterocycles. The molecule has 0 bridgehead atoms. The fourth-order valence-electron chi connectivity index (χ4n) is 11.3. The van der Waals surface area contributed by atoms with E-state index in [4.69, 9.17) is 23.7 Å². The van der Waals surface area contributed by atoms with Gasteiger partial charge in [0.25, 0.3) is 23.6 Å². The number of nitrogens with zero attached hydrogens (tertiary/aromatic N) is 1. The van der Waals surface area contributed by atoms with Gasteiger partial charge in [-0.25, -0.2) is 0 Å². The maximum absolute atomic E-state index is 16.1. The number of benzene rings is 2. The van der Waals surface area contributed by atoms with E-state index in [2.05, 4.69) is 5.32 Å². The molecule has 1 saturated carbocycles. The van der Waals surface area contributed by atoms with Crippen molar-refractivity contribution < 1.29 is 67.8 Å². The van der Waals surface area contributed by atoms with Crippen LogP contribution in [0.15, 0.2) is 24.3 Å². The van der Waals surface area contributed by atoms with Crippen LogP contribution in [0.4, 0.5) is 0 Å². The number of carbonyl (C=O) groups excluding carboxylic acids is 6. The summed E-state index contributed by atoms with van der Waals surface area (Å²) in [6, 6.07) is 5.90. The minimum atomic E-state index is -1.65. The first-order valence-corrected chi connectivity index (χ1v) is 25.5. The van der Waals surface area contributed by atoms with E-state index >= 15 is 4.79 Å². The molecular formula is C56H82N2O14. The predicted molar refractivity (Wildman–Crippen MR) is 270 cm³/mol. The highest BCUT2D eigenvalue weighted by molar-refractivity contribution is 6.33. The number of nitrogens with one attached hydrogen (secondary N) is 1. The van der Waals surface area contributed by atoms with E-state index in [1.807, 2.05) is 41.5 Å². The lowest BCUT2D eigenvalue weighted by molar-refractivity contribution is -0.303. The predicted octanol–water partition coefficient (Wildman–Crippen LogP) is 7.03. The van der Waals surface area contributed by atoms with Gasteiger partial charge in [-0.15, -0.1) is 0 Å². The molecule has 6 rings (SSSR count). The number of carbonyl (C=O) groups is 6. The molecule has 3 heterocycles. The van der Waals surface area contributed by atoms with Gasteiger partial charge in [-0.2, -0.15) is 0 Å². The SMILES string of the molecule is CC1(C)COC(C)(C(C)(C)O)C(C)(C)OCC(CO)(CO)COC(C)(C)C(C)(C(C)(C(=O)C2CCC(C(=O)C(C)(C)C)CC2)C(C)(C)OCCN2C(=O)c3ccc4c5c(ccc(c35)C2=O)C(=O)NC4=O)OC1. The molecule has 0 aromatic heterocycles. The molecule has 3 atom stereocenters. The molecule has 16 nitrogen and oxygen atoms in total. The highest BCUT2D eigenvalue weighted by Gasteiger charge is 2.68. The summed E-state index contributed by atoms with van der Waals surface area (Å²) in [5.74, 6) is -3.33. The fourth-order valence-corrected chi connectivity index (χ4v) is 11.3. The van der Waals surface area contributed by atoms with Gasteiger partial charge in [0, 0.05) is 55.7 Å². The van der Waals surface area contributed by atoms with E-state index in [1.54, 1.807) is 69.2 Å². The van der Waals surface area contributed by atoms with Crippen LogP contribution in [-0.4, -0.2) is 142 Å². The van der Waals surface area contributed by atoms with Gasteiger partial charge in [0.1, 0.15) is 22.8 Å². The number of rotatable bonds is 12. The Bertz CT molecular complexity index is 2410. The monoisotopic (exact) mass is 1010 g/mol. The molecule has 2 fully saturated rings. The highest BCUT2D eigenvalue weighted by Crippen LogP contribution is 2.56. The zero-order valence-corrected chi connectivity index (χ0v) is 45.7. The van der Waals surface area contributed by atoms with Gasteiger partial charge in [-0.1, -0.05) is 34.6 Å². The lowest BCUT2D eigenvalue weighted by Gasteiger charge is -2.60. The summed E-state index contributed by atoms with van der Waals surface area (Å²) in [7, 11) is 0. The summed E-state index contributed by atoms with van der Waals surface area (Å²) < 4.78 is 34.5. The lowest BCUT2D eigenvalue weighted by Crippen LogP contribution is -2.72. The van der Waals surface area contributed by atoms with Crippen LogP contribution in [0.1, 0.15) is 178 Å². The number of imide groups is 2. The Labute approximate surface area is 425 Å². The molecule has 72 heavy (non-hydrogen) atoms. The second-order valence-corrected chi connectivity index (χ2v) is 25.4. The number of ether oxygens (including phenoxy) is 5. The first-order chi connectivity index (χ1) is 32.9. The summed E-state index contributed by atoms with van der Waals surface area (Å²) in [4.78, 5) is 85.0. The summed E-state index contributed by atoms with van der Waals surface area (Å²) >= 11 is 0. The molecule has 16 heteroatoms. The lowest BCUT2D eigenvalue weighted by atomic mass is 9.53. The Morgan fingerprint density at radius 1 is 0.625 bits per heavy atom. The average Bonchev–Trinajstić information content (AvgIpc) is 3.30. The molecule has 4 aliphatic rings. The Balaban J connectivity index is 1.42. The molecule has 1 aliphatic carbocycles. The third kappa shape index (κ3) is 9.65. The van der Waals surface area contributed by atoms with Crippen LogP contribution in [0.3, 0.4) is 0 Å². The van der Waals surface area contributed by atoms with Crippen molar-refractivity contribution in [3.8, 4) is 0 Å². The van der Waals surface area contributed by atoms with Crippen LogP contribution in [0.5, 0.6) is 0 Å². The summed E-state index contributed by atoms with van der Waals surface area (Å²) in [6.45, 7) is 27.0. The van der Waals surface area contributed by atoms with Crippen LogP contribution < -0.4 is 5.32 Å². The molecule has 0 spiro atoms. The van der Waals surface area contributed by atoms with E-state index in [0.29, 0.717) is 25.7 Å². The van der Waals surface area contributed by atoms with Gasteiger partial charge in [-0.3, -0.25) is 39.0 Å². The van der Waals surface area contributed by atoms with Crippen molar-refractivity contribution in [2.75, 3.05) is 52.8 Å². The molecule has 3 aliphatic heterocycles. The zero-order valence-electron chi connectivity index (χ0n) is 45.7. The molecule has 2 aromatic rings. The minimum absolute atomic E-state index is 0.00511. The Kier molecular flexibility index (Phi) is 15.3. The second kappa shape index (κ2) is 19.3. The quantitative estimate of drug-likeness (QED) is 0.157. The summed E-state index contributed by atoms with van der Waals surface area (Å²) in [6.07, 6.45) is 1.86. The highest BCUT2D eigenvalue weighted by atomic mass is 16.6. The number of hydrogen-bond acceptors (Lipinski definition) is 14. The maximum Gasteiger partial charge on any atom is 0.261 e. The minimum Gasteiger partial charge on any atom is -0.396 e. The second-order valence-electron chi connectivity index (χ2n) is 25.4. The average molecular weight is 1010 g/mol. The smallest absolute Gasteiger partial charge is 0.261 e. The molecule has 400 valence electrons. The normalized spacial score (nSPS) is 28.0. The Morgan fingerprint density at radius 2 is 1.03 bits per heavy atom. The van der Waals surface area contributed by atoms with Crippen molar-refractivity contribution in [3.63, 3.8) is 0 Å². The summed E-state index contributed by atoms with van der Waals surface area (Å²) in [5, 5.41) is 36.5. The van der Waals surface area contributed by atoms with E-state index in [1.165, 1.54) is 24.3 Å². The number of aliphatic hydroxyl groups is 3. The van der Waals surface area contributed by atoms with E-state index in [0.717, 1.165) is 4.90 Å². The number of ketones is 2. The summed E-state index contributed by atoms with van der Waals surface area (Å²) in [5.41, 5.74) is -12.2. The molecule has 2 aromatic carbocycles. The largest absolute Gasteiger partial charge is 0.396 e. The van der Waals surface area contributed by atoms with Crippen molar-refractivity contribution in [2.24, 2.45) is 33.5 Å². The molecular weight excluding hydrogens is 925 g/mol. The van der Waals surface area contributed by atoms with Gasteiger partial charge in [0.2, 0.25) is 0 Å².